The van der Waals surface area contributed by atoms with E-state index < -0.39 is 0 Å². The average Bonchev–Trinajstić information content (AvgIpc) is 2.82. The van der Waals surface area contributed by atoms with Crippen LogP contribution in [-0.4, -0.2) is 57.7 Å². The van der Waals surface area contributed by atoms with Crippen molar-refractivity contribution in [3.05, 3.63) is 42.5 Å². The molecule has 8 heteroatoms. The average molecular weight is 442 g/mol. The van der Waals surface area contributed by atoms with Crippen LogP contribution in [0.4, 0.5) is 11.4 Å². The number of carbonyl (C=O) groups excluding carboxylic acids is 2. The first-order valence-corrected chi connectivity index (χ1v) is 10.7. The predicted octanol–water partition coefficient (Wildman–Crippen LogP) is 3.39. The van der Waals surface area contributed by atoms with E-state index >= 15 is 0 Å². The number of nitrogens with zero attached hydrogens (tertiary/aromatic N) is 1. The first-order chi connectivity index (χ1) is 15.5. The Morgan fingerprint density at radius 1 is 0.969 bits per heavy atom. The summed E-state index contributed by atoms with van der Waals surface area (Å²) < 4.78 is 16.0. The Labute approximate surface area is 188 Å². The highest BCUT2D eigenvalue weighted by Crippen LogP contribution is 2.39. The number of hydrogen-bond acceptors (Lipinski definition) is 6. The molecule has 1 fully saturated rings. The predicted molar refractivity (Wildman–Crippen MR) is 124 cm³/mol. The lowest BCUT2D eigenvalue weighted by molar-refractivity contribution is -0.121. The number of para-hydroxylation sites is 1. The largest absolute Gasteiger partial charge is 0.493 e. The van der Waals surface area contributed by atoms with Crippen molar-refractivity contribution in [1.82, 2.24) is 4.90 Å². The van der Waals surface area contributed by atoms with E-state index in [-0.39, 0.29) is 17.7 Å². The minimum atomic E-state index is -0.116. The van der Waals surface area contributed by atoms with Gasteiger partial charge in [-0.3, -0.25) is 9.59 Å². The minimum absolute atomic E-state index is 0.0303. The fourth-order valence-electron chi connectivity index (χ4n) is 3.87. The Hall–Kier alpha value is -3.26. The van der Waals surface area contributed by atoms with Crippen LogP contribution in [0.5, 0.6) is 17.2 Å². The number of rotatable bonds is 9. The van der Waals surface area contributed by atoms with Crippen molar-refractivity contribution in [2.75, 3.05) is 51.6 Å². The van der Waals surface area contributed by atoms with Crippen LogP contribution in [-0.2, 0) is 9.59 Å². The van der Waals surface area contributed by atoms with Gasteiger partial charge in [0.25, 0.3) is 0 Å². The molecule has 1 heterocycles. The van der Waals surface area contributed by atoms with Gasteiger partial charge >= 0.3 is 0 Å². The lowest BCUT2D eigenvalue weighted by atomic mass is 9.97. The Kier molecular flexibility index (Phi) is 8.33. The molecule has 1 unspecified atom stereocenters. The molecule has 2 amide bonds. The third-order valence-corrected chi connectivity index (χ3v) is 5.52. The molecule has 0 aliphatic carbocycles. The van der Waals surface area contributed by atoms with E-state index in [1.807, 2.05) is 30.3 Å². The number of methoxy groups -OCH3 is 3. The van der Waals surface area contributed by atoms with E-state index in [1.54, 1.807) is 12.1 Å². The molecular formula is C24H31N3O5. The first kappa shape index (κ1) is 23.4. The van der Waals surface area contributed by atoms with Gasteiger partial charge in [-0.2, -0.15) is 0 Å². The maximum absolute atomic E-state index is 12.6. The second-order valence-corrected chi connectivity index (χ2v) is 7.71. The van der Waals surface area contributed by atoms with Crippen LogP contribution in [0.3, 0.4) is 0 Å². The summed E-state index contributed by atoms with van der Waals surface area (Å²) >= 11 is 0. The quantitative estimate of drug-likeness (QED) is 0.620. The third-order valence-electron chi connectivity index (χ3n) is 5.52. The van der Waals surface area contributed by atoms with Gasteiger partial charge in [0.05, 0.1) is 27.2 Å². The van der Waals surface area contributed by atoms with Gasteiger partial charge in [-0.1, -0.05) is 18.2 Å². The summed E-state index contributed by atoms with van der Waals surface area (Å²) in [6, 6.07) is 12.9. The van der Waals surface area contributed by atoms with Gasteiger partial charge in [0.15, 0.2) is 11.5 Å². The molecule has 1 saturated heterocycles. The summed E-state index contributed by atoms with van der Waals surface area (Å²) in [6.45, 7) is 2.12. The minimum Gasteiger partial charge on any atom is -0.493 e. The SMILES string of the molecule is COc1cc(NC(=O)CCN2CCCC(C(=O)Nc3ccccc3)C2)cc(OC)c1OC. The second-order valence-electron chi connectivity index (χ2n) is 7.71. The van der Waals surface area contributed by atoms with Gasteiger partial charge in [0.1, 0.15) is 0 Å². The van der Waals surface area contributed by atoms with E-state index in [4.69, 9.17) is 14.2 Å². The lowest BCUT2D eigenvalue weighted by Gasteiger charge is -2.31. The van der Waals surface area contributed by atoms with Crippen molar-refractivity contribution in [2.45, 2.75) is 19.3 Å². The Morgan fingerprint density at radius 2 is 1.66 bits per heavy atom. The number of ether oxygens (including phenoxy) is 3. The Bertz CT molecular complexity index is 894. The number of carbonyl (C=O) groups is 2. The summed E-state index contributed by atoms with van der Waals surface area (Å²) in [7, 11) is 4.60. The highest BCUT2D eigenvalue weighted by atomic mass is 16.5. The van der Waals surface area contributed by atoms with E-state index in [9.17, 15) is 9.59 Å². The van der Waals surface area contributed by atoms with Gasteiger partial charge in [0, 0.05) is 43.0 Å². The van der Waals surface area contributed by atoms with E-state index in [1.165, 1.54) is 21.3 Å². The summed E-state index contributed by atoms with van der Waals surface area (Å²) in [5.41, 5.74) is 1.38. The molecular weight excluding hydrogens is 410 g/mol. The van der Waals surface area contributed by atoms with Crippen molar-refractivity contribution >= 4 is 23.2 Å². The number of nitrogens with one attached hydrogen (secondary N) is 2. The maximum atomic E-state index is 12.6. The number of likely N-dealkylation sites (tertiary alicyclic amines) is 1. The number of benzene rings is 2. The molecule has 0 saturated carbocycles. The monoisotopic (exact) mass is 441 g/mol. The molecule has 8 nitrogen and oxygen atoms in total. The van der Waals surface area contributed by atoms with Gasteiger partial charge < -0.3 is 29.7 Å². The Morgan fingerprint density at radius 3 is 2.28 bits per heavy atom. The zero-order valence-electron chi connectivity index (χ0n) is 18.8. The number of amides is 2. The zero-order chi connectivity index (χ0) is 22.9. The number of hydrogen-bond donors (Lipinski definition) is 2. The Balaban J connectivity index is 1.52. The molecule has 32 heavy (non-hydrogen) atoms. The fourth-order valence-corrected chi connectivity index (χ4v) is 3.87. The molecule has 2 aromatic carbocycles. The van der Waals surface area contributed by atoms with Gasteiger partial charge in [-0.15, -0.1) is 0 Å². The van der Waals surface area contributed by atoms with Crippen molar-refractivity contribution in [2.24, 2.45) is 5.92 Å². The van der Waals surface area contributed by atoms with E-state index in [2.05, 4.69) is 15.5 Å². The highest BCUT2D eigenvalue weighted by molar-refractivity contribution is 5.93. The van der Waals surface area contributed by atoms with Crippen LogP contribution in [0.1, 0.15) is 19.3 Å². The van der Waals surface area contributed by atoms with Crippen LogP contribution >= 0.6 is 0 Å². The standard InChI is InChI=1S/C24H31N3O5/c1-30-20-14-19(15-21(31-2)23(20)32-3)25-22(28)11-13-27-12-7-8-17(16-27)24(29)26-18-9-5-4-6-10-18/h4-6,9-10,14-15,17H,7-8,11-13,16H2,1-3H3,(H,25,28)(H,26,29). The maximum Gasteiger partial charge on any atom is 0.228 e. The van der Waals surface area contributed by atoms with Gasteiger partial charge in [0.2, 0.25) is 17.6 Å². The molecule has 0 radical (unpaired) electrons. The number of anilines is 2. The molecule has 0 aromatic heterocycles. The van der Waals surface area contributed by atoms with E-state index in [0.29, 0.717) is 42.4 Å². The summed E-state index contributed by atoms with van der Waals surface area (Å²) in [5, 5.41) is 5.87. The van der Waals surface area contributed by atoms with Crippen LogP contribution in [0.2, 0.25) is 0 Å². The lowest BCUT2D eigenvalue weighted by Crippen LogP contribution is -2.41. The van der Waals surface area contributed by atoms with Crippen molar-refractivity contribution in [3.8, 4) is 17.2 Å². The molecule has 0 bridgehead atoms. The molecule has 2 N–H and O–H groups in total. The van der Waals surface area contributed by atoms with Crippen LogP contribution in [0.15, 0.2) is 42.5 Å². The van der Waals surface area contributed by atoms with Gasteiger partial charge in [-0.25, -0.2) is 0 Å². The highest BCUT2D eigenvalue weighted by Gasteiger charge is 2.26. The molecule has 2 aromatic rings. The van der Waals surface area contributed by atoms with Gasteiger partial charge in [-0.05, 0) is 31.5 Å². The topological polar surface area (TPSA) is 89.1 Å². The number of piperidine rings is 1. The zero-order valence-corrected chi connectivity index (χ0v) is 18.8. The van der Waals surface area contributed by atoms with Crippen LogP contribution in [0.25, 0.3) is 0 Å². The third kappa shape index (κ3) is 6.13. The fraction of sp³-hybridized carbons (Fsp3) is 0.417. The van der Waals surface area contributed by atoms with Crippen molar-refractivity contribution in [1.29, 1.82) is 0 Å². The summed E-state index contributed by atoms with van der Waals surface area (Å²) in [4.78, 5) is 27.3. The smallest absolute Gasteiger partial charge is 0.228 e. The summed E-state index contributed by atoms with van der Waals surface area (Å²) in [6.07, 6.45) is 2.11. The summed E-state index contributed by atoms with van der Waals surface area (Å²) in [5.74, 6) is 1.26. The molecule has 1 aliphatic heterocycles. The molecule has 172 valence electrons. The second kappa shape index (κ2) is 11.4. The van der Waals surface area contributed by atoms with Crippen LogP contribution in [0, 0.1) is 5.92 Å². The molecule has 1 atom stereocenters. The molecule has 0 spiro atoms. The molecule has 1 aliphatic rings. The normalized spacial score (nSPS) is 16.2. The van der Waals surface area contributed by atoms with Crippen molar-refractivity contribution < 1.29 is 23.8 Å². The van der Waals surface area contributed by atoms with Crippen molar-refractivity contribution in [3.63, 3.8) is 0 Å². The van der Waals surface area contributed by atoms with E-state index in [0.717, 1.165) is 25.1 Å². The van der Waals surface area contributed by atoms with Crippen LogP contribution < -0.4 is 24.8 Å². The first-order valence-electron chi connectivity index (χ1n) is 10.7. The molecule has 3 rings (SSSR count).